The van der Waals surface area contributed by atoms with Crippen LogP contribution >= 0.6 is 23.2 Å². The van der Waals surface area contributed by atoms with Gasteiger partial charge in [0.15, 0.2) is 0 Å². The smallest absolute Gasteiger partial charge is 0.409 e. The summed E-state index contributed by atoms with van der Waals surface area (Å²) < 4.78 is 4.99. The standard InChI is InChI=1S/C17H19Cl2N3O4/c1-2-26-17(25)21-7-5-20(6-8-21)14-10-15(23)22(16(14)24)13-4-3-11(18)9-12(13)19/h3-4,9,14H,2,5-8,10H2,1H3. The molecule has 1 aromatic carbocycles. The molecule has 7 nitrogen and oxygen atoms in total. The molecule has 0 spiro atoms. The zero-order chi connectivity index (χ0) is 18.8. The zero-order valence-electron chi connectivity index (χ0n) is 14.3. The number of carbonyl (C=O) groups is 3. The molecule has 3 rings (SSSR count). The van der Waals surface area contributed by atoms with Gasteiger partial charge in [0.05, 0.1) is 29.8 Å². The molecule has 140 valence electrons. The number of ether oxygens (including phenoxy) is 1. The lowest BCUT2D eigenvalue weighted by atomic mass is 10.2. The molecule has 0 N–H and O–H groups in total. The number of amides is 3. The monoisotopic (exact) mass is 399 g/mol. The maximum atomic E-state index is 12.8. The molecule has 0 radical (unpaired) electrons. The predicted molar refractivity (Wildman–Crippen MR) is 97.5 cm³/mol. The first kappa shape index (κ1) is 18.9. The first-order valence-corrected chi connectivity index (χ1v) is 9.15. The van der Waals surface area contributed by atoms with E-state index < -0.39 is 6.04 Å². The van der Waals surface area contributed by atoms with Crippen LogP contribution in [0.1, 0.15) is 13.3 Å². The fraction of sp³-hybridized carbons (Fsp3) is 0.471. The fourth-order valence-corrected chi connectivity index (χ4v) is 3.74. The van der Waals surface area contributed by atoms with Crippen molar-refractivity contribution in [1.29, 1.82) is 0 Å². The van der Waals surface area contributed by atoms with E-state index in [2.05, 4.69) is 0 Å². The van der Waals surface area contributed by atoms with Crippen LogP contribution in [-0.4, -0.2) is 66.5 Å². The van der Waals surface area contributed by atoms with Crippen molar-refractivity contribution in [2.24, 2.45) is 0 Å². The van der Waals surface area contributed by atoms with Gasteiger partial charge in [-0.15, -0.1) is 0 Å². The normalized spacial score (nSPS) is 21.4. The number of piperazine rings is 1. The van der Waals surface area contributed by atoms with Crippen LogP contribution in [0, 0.1) is 0 Å². The molecule has 2 saturated heterocycles. The van der Waals surface area contributed by atoms with Crippen LogP contribution in [0.25, 0.3) is 0 Å². The molecule has 2 aliphatic heterocycles. The van der Waals surface area contributed by atoms with E-state index in [0.29, 0.717) is 43.5 Å². The largest absolute Gasteiger partial charge is 0.450 e. The summed E-state index contributed by atoms with van der Waals surface area (Å²) in [5.41, 5.74) is 0.346. The molecular weight excluding hydrogens is 381 g/mol. The highest BCUT2D eigenvalue weighted by Gasteiger charge is 2.44. The van der Waals surface area contributed by atoms with Crippen LogP contribution in [-0.2, 0) is 14.3 Å². The number of carbonyl (C=O) groups excluding carboxylic acids is 3. The SMILES string of the molecule is CCOC(=O)N1CCN(C2CC(=O)N(c3ccc(Cl)cc3Cl)C2=O)CC1. The summed E-state index contributed by atoms with van der Waals surface area (Å²) in [7, 11) is 0. The van der Waals surface area contributed by atoms with Crippen LogP contribution in [0.2, 0.25) is 10.0 Å². The second-order valence-corrected chi connectivity index (χ2v) is 6.95. The van der Waals surface area contributed by atoms with Crippen molar-refractivity contribution < 1.29 is 19.1 Å². The Labute approximate surface area is 161 Å². The second kappa shape index (κ2) is 7.82. The van der Waals surface area contributed by atoms with Gasteiger partial charge in [0.2, 0.25) is 5.91 Å². The second-order valence-electron chi connectivity index (χ2n) is 6.10. The first-order valence-electron chi connectivity index (χ1n) is 8.40. The van der Waals surface area contributed by atoms with Gasteiger partial charge in [0.1, 0.15) is 0 Å². The number of benzene rings is 1. The van der Waals surface area contributed by atoms with E-state index in [1.54, 1.807) is 24.0 Å². The van der Waals surface area contributed by atoms with Gasteiger partial charge in [-0.05, 0) is 25.1 Å². The minimum atomic E-state index is -0.543. The van der Waals surface area contributed by atoms with Crippen molar-refractivity contribution in [2.45, 2.75) is 19.4 Å². The van der Waals surface area contributed by atoms with E-state index in [0.717, 1.165) is 4.90 Å². The highest BCUT2D eigenvalue weighted by Crippen LogP contribution is 2.33. The number of nitrogens with zero attached hydrogens (tertiary/aromatic N) is 3. The molecule has 1 unspecified atom stereocenters. The van der Waals surface area contributed by atoms with Crippen LogP contribution in [0.15, 0.2) is 18.2 Å². The quantitative estimate of drug-likeness (QED) is 0.729. The van der Waals surface area contributed by atoms with Crippen molar-refractivity contribution in [3.63, 3.8) is 0 Å². The predicted octanol–water partition coefficient (Wildman–Crippen LogP) is 2.40. The summed E-state index contributed by atoms with van der Waals surface area (Å²) in [6.45, 7) is 4.01. The maximum Gasteiger partial charge on any atom is 0.409 e. The maximum absolute atomic E-state index is 12.8. The third kappa shape index (κ3) is 3.65. The van der Waals surface area contributed by atoms with Crippen LogP contribution in [0.3, 0.4) is 0 Å². The van der Waals surface area contributed by atoms with Gasteiger partial charge < -0.3 is 9.64 Å². The zero-order valence-corrected chi connectivity index (χ0v) is 15.8. The minimum Gasteiger partial charge on any atom is -0.450 e. The van der Waals surface area contributed by atoms with Gasteiger partial charge in [-0.2, -0.15) is 0 Å². The average Bonchev–Trinajstić information content (AvgIpc) is 2.90. The van der Waals surface area contributed by atoms with E-state index in [1.807, 2.05) is 4.90 Å². The minimum absolute atomic E-state index is 0.0944. The van der Waals surface area contributed by atoms with Crippen molar-refractivity contribution in [3.8, 4) is 0 Å². The topological polar surface area (TPSA) is 70.2 Å². The number of imide groups is 1. The molecule has 3 amide bonds. The van der Waals surface area contributed by atoms with Gasteiger partial charge in [-0.3, -0.25) is 14.5 Å². The molecule has 2 aliphatic rings. The van der Waals surface area contributed by atoms with Gasteiger partial charge in [-0.25, -0.2) is 9.69 Å². The van der Waals surface area contributed by atoms with E-state index >= 15 is 0 Å². The van der Waals surface area contributed by atoms with Crippen molar-refractivity contribution in [1.82, 2.24) is 9.80 Å². The Morgan fingerprint density at radius 2 is 1.88 bits per heavy atom. The summed E-state index contributed by atoms with van der Waals surface area (Å²) in [5.74, 6) is -0.596. The van der Waals surface area contributed by atoms with Crippen molar-refractivity contribution in [2.75, 3.05) is 37.7 Å². The molecular formula is C17H19Cl2N3O4. The van der Waals surface area contributed by atoms with E-state index in [1.165, 1.54) is 6.07 Å². The van der Waals surface area contributed by atoms with Crippen LogP contribution < -0.4 is 4.90 Å². The first-order chi connectivity index (χ1) is 12.4. The third-order valence-electron chi connectivity index (χ3n) is 4.55. The molecule has 26 heavy (non-hydrogen) atoms. The lowest BCUT2D eigenvalue weighted by Gasteiger charge is -2.36. The van der Waals surface area contributed by atoms with Crippen LogP contribution in [0.5, 0.6) is 0 Å². The Bertz CT molecular complexity index is 735. The molecule has 0 aliphatic carbocycles. The molecule has 1 atom stereocenters. The van der Waals surface area contributed by atoms with E-state index in [-0.39, 0.29) is 29.4 Å². The number of hydrogen-bond donors (Lipinski definition) is 0. The number of rotatable bonds is 3. The Balaban J connectivity index is 1.69. The van der Waals surface area contributed by atoms with Gasteiger partial charge >= 0.3 is 6.09 Å². The summed E-state index contributed by atoms with van der Waals surface area (Å²) in [6, 6.07) is 4.12. The van der Waals surface area contributed by atoms with Gasteiger partial charge in [0.25, 0.3) is 5.91 Å². The molecule has 0 aromatic heterocycles. The Morgan fingerprint density at radius 1 is 1.19 bits per heavy atom. The molecule has 1 aromatic rings. The molecule has 0 bridgehead atoms. The lowest BCUT2D eigenvalue weighted by molar-refractivity contribution is -0.123. The molecule has 0 saturated carbocycles. The molecule has 2 heterocycles. The van der Waals surface area contributed by atoms with Crippen molar-refractivity contribution in [3.05, 3.63) is 28.2 Å². The van der Waals surface area contributed by atoms with Gasteiger partial charge in [0, 0.05) is 31.2 Å². The number of anilines is 1. The fourth-order valence-electron chi connectivity index (χ4n) is 3.25. The van der Waals surface area contributed by atoms with Crippen LogP contribution in [0.4, 0.5) is 10.5 Å². The van der Waals surface area contributed by atoms with Gasteiger partial charge in [-0.1, -0.05) is 23.2 Å². The average molecular weight is 400 g/mol. The molecule has 2 fully saturated rings. The highest BCUT2D eigenvalue weighted by molar-refractivity contribution is 6.38. The summed E-state index contributed by atoms with van der Waals surface area (Å²) in [5, 5.41) is 0.691. The number of hydrogen-bond acceptors (Lipinski definition) is 5. The summed E-state index contributed by atoms with van der Waals surface area (Å²) >= 11 is 12.0. The Hall–Kier alpha value is -1.83. The van der Waals surface area contributed by atoms with Crippen molar-refractivity contribution >= 4 is 46.8 Å². The Morgan fingerprint density at radius 3 is 2.50 bits per heavy atom. The summed E-state index contributed by atoms with van der Waals surface area (Å²) in [6.07, 6.45) is -0.257. The lowest BCUT2D eigenvalue weighted by Crippen LogP contribution is -2.54. The Kier molecular flexibility index (Phi) is 5.70. The number of halogens is 2. The highest BCUT2D eigenvalue weighted by atomic mass is 35.5. The third-order valence-corrected chi connectivity index (χ3v) is 5.09. The van der Waals surface area contributed by atoms with E-state index in [9.17, 15) is 14.4 Å². The molecule has 9 heteroatoms. The summed E-state index contributed by atoms with van der Waals surface area (Å²) in [4.78, 5) is 41.7. The van der Waals surface area contributed by atoms with E-state index in [4.69, 9.17) is 27.9 Å².